The normalized spacial score (nSPS) is 12.7. The molecule has 15 heavy (non-hydrogen) atoms. The van der Waals surface area contributed by atoms with Crippen LogP contribution < -0.4 is 0 Å². The highest BCUT2D eigenvalue weighted by molar-refractivity contribution is 5.69. The van der Waals surface area contributed by atoms with Crippen LogP contribution >= 0.6 is 0 Å². The van der Waals surface area contributed by atoms with Crippen molar-refractivity contribution in [2.24, 2.45) is 0 Å². The Balaban J connectivity index is 2.94. The van der Waals surface area contributed by atoms with Gasteiger partial charge in [-0.25, -0.2) is 4.98 Å². The summed E-state index contributed by atoms with van der Waals surface area (Å²) in [5.74, 6) is 2.02. The molecule has 3 nitrogen and oxygen atoms in total. The van der Waals surface area contributed by atoms with Gasteiger partial charge in [0.25, 0.3) is 0 Å². The van der Waals surface area contributed by atoms with Crippen LogP contribution in [0.4, 0.5) is 0 Å². The van der Waals surface area contributed by atoms with Crippen molar-refractivity contribution in [3.8, 4) is 0 Å². The third-order valence-electron chi connectivity index (χ3n) is 2.03. The highest BCUT2D eigenvalue weighted by Crippen LogP contribution is 2.14. The molecular formula is C12H17N3. The maximum absolute atomic E-state index is 4.41. The van der Waals surface area contributed by atoms with Gasteiger partial charge in [-0.15, -0.1) is 0 Å². The van der Waals surface area contributed by atoms with Crippen molar-refractivity contribution in [3.63, 3.8) is 0 Å². The van der Waals surface area contributed by atoms with Gasteiger partial charge in [0.15, 0.2) is 5.82 Å². The molecule has 0 amide bonds. The summed E-state index contributed by atoms with van der Waals surface area (Å²) in [5, 5.41) is 7.11. The van der Waals surface area contributed by atoms with Gasteiger partial charge in [-0.05, 0) is 6.92 Å². The Hall–Kier alpha value is -1.64. The van der Waals surface area contributed by atoms with E-state index in [9.17, 15) is 0 Å². The number of aromatic amines is 1. The lowest BCUT2D eigenvalue weighted by Crippen LogP contribution is -1.90. The van der Waals surface area contributed by atoms with E-state index in [4.69, 9.17) is 0 Å². The molecule has 0 saturated heterocycles. The van der Waals surface area contributed by atoms with Crippen molar-refractivity contribution < 1.29 is 0 Å². The lowest BCUT2D eigenvalue weighted by Gasteiger charge is -1.96. The molecule has 0 bridgehead atoms. The molecule has 1 heterocycles. The second kappa shape index (κ2) is 5.29. The first kappa shape index (κ1) is 11.4. The van der Waals surface area contributed by atoms with E-state index in [2.05, 4.69) is 35.6 Å². The Kier molecular flexibility index (Phi) is 4.03. The summed E-state index contributed by atoms with van der Waals surface area (Å²) in [7, 11) is 0. The smallest absolute Gasteiger partial charge is 0.180 e. The first-order valence-corrected chi connectivity index (χ1v) is 5.07. The molecule has 0 unspecified atom stereocenters. The van der Waals surface area contributed by atoms with Crippen molar-refractivity contribution in [2.75, 3.05) is 0 Å². The molecule has 1 rings (SSSR count). The fourth-order valence-electron chi connectivity index (χ4n) is 1.13. The lowest BCUT2D eigenvalue weighted by molar-refractivity contribution is 0.781. The van der Waals surface area contributed by atoms with Crippen LogP contribution in [0.5, 0.6) is 0 Å². The van der Waals surface area contributed by atoms with Gasteiger partial charge >= 0.3 is 0 Å². The minimum atomic E-state index is 0.368. The molecule has 1 N–H and O–H groups in total. The maximum atomic E-state index is 4.41. The van der Waals surface area contributed by atoms with Gasteiger partial charge in [-0.2, -0.15) is 5.10 Å². The number of rotatable bonds is 4. The Bertz CT molecular complexity index is 383. The average molecular weight is 203 g/mol. The van der Waals surface area contributed by atoms with Crippen molar-refractivity contribution in [1.82, 2.24) is 15.2 Å². The first-order valence-electron chi connectivity index (χ1n) is 5.07. The minimum Gasteiger partial charge on any atom is -0.262 e. The van der Waals surface area contributed by atoms with Gasteiger partial charge < -0.3 is 0 Å². The predicted octanol–water partition coefficient (Wildman–Crippen LogP) is 3.07. The number of nitrogens with one attached hydrogen (secondary N) is 1. The quantitative estimate of drug-likeness (QED) is 0.764. The zero-order valence-corrected chi connectivity index (χ0v) is 9.49. The molecule has 0 aliphatic heterocycles. The molecule has 0 aliphatic rings. The van der Waals surface area contributed by atoms with E-state index in [0.29, 0.717) is 5.92 Å². The second-order valence-electron chi connectivity index (χ2n) is 3.54. The van der Waals surface area contributed by atoms with Crippen LogP contribution in [0.15, 0.2) is 30.9 Å². The van der Waals surface area contributed by atoms with E-state index in [1.54, 1.807) is 6.08 Å². The van der Waals surface area contributed by atoms with Crippen LogP contribution in [0, 0.1) is 0 Å². The second-order valence-corrected chi connectivity index (χ2v) is 3.54. The Labute approximate surface area is 90.6 Å². The SMILES string of the molecule is C=C/C=C\C(=C/C)c1n[nH]c(C(C)C)n1. The van der Waals surface area contributed by atoms with Crippen LogP contribution in [-0.4, -0.2) is 15.2 Å². The van der Waals surface area contributed by atoms with Gasteiger partial charge in [0.05, 0.1) is 0 Å². The van der Waals surface area contributed by atoms with Gasteiger partial charge in [0, 0.05) is 11.5 Å². The van der Waals surface area contributed by atoms with Crippen LogP contribution in [0.1, 0.15) is 38.3 Å². The van der Waals surface area contributed by atoms with Crippen molar-refractivity contribution >= 4 is 5.57 Å². The van der Waals surface area contributed by atoms with E-state index in [-0.39, 0.29) is 0 Å². The fourth-order valence-corrected chi connectivity index (χ4v) is 1.13. The molecule has 0 aliphatic carbocycles. The molecule has 0 saturated carbocycles. The molecule has 0 atom stereocenters. The van der Waals surface area contributed by atoms with Crippen molar-refractivity contribution in [3.05, 3.63) is 42.5 Å². The summed E-state index contributed by atoms with van der Waals surface area (Å²) < 4.78 is 0. The van der Waals surface area contributed by atoms with Gasteiger partial charge in [-0.1, -0.05) is 44.7 Å². The fraction of sp³-hybridized carbons (Fsp3) is 0.333. The third kappa shape index (κ3) is 2.91. The number of hydrogen-bond donors (Lipinski definition) is 1. The van der Waals surface area contributed by atoms with E-state index in [1.165, 1.54) is 0 Å². The monoisotopic (exact) mass is 203 g/mol. The van der Waals surface area contributed by atoms with E-state index in [0.717, 1.165) is 17.2 Å². The number of allylic oxidation sites excluding steroid dienone is 5. The topological polar surface area (TPSA) is 41.6 Å². The number of aromatic nitrogens is 3. The van der Waals surface area contributed by atoms with Crippen molar-refractivity contribution in [2.45, 2.75) is 26.7 Å². The molecule has 1 aromatic rings. The zero-order valence-electron chi connectivity index (χ0n) is 9.49. The summed E-state index contributed by atoms with van der Waals surface area (Å²) in [5.41, 5.74) is 0.998. The van der Waals surface area contributed by atoms with Crippen LogP contribution in [0.25, 0.3) is 5.57 Å². The number of hydrogen-bond acceptors (Lipinski definition) is 2. The van der Waals surface area contributed by atoms with Crippen LogP contribution in [-0.2, 0) is 0 Å². The van der Waals surface area contributed by atoms with E-state index < -0.39 is 0 Å². The zero-order chi connectivity index (χ0) is 11.3. The number of H-pyrrole nitrogens is 1. The Morgan fingerprint density at radius 1 is 1.47 bits per heavy atom. The molecule has 3 heteroatoms. The summed E-state index contributed by atoms with van der Waals surface area (Å²) in [6, 6.07) is 0. The highest BCUT2D eigenvalue weighted by atomic mass is 15.2. The molecule has 1 aromatic heterocycles. The molecule has 80 valence electrons. The molecule has 0 radical (unpaired) electrons. The van der Waals surface area contributed by atoms with Gasteiger partial charge in [-0.3, -0.25) is 5.10 Å². The average Bonchev–Trinajstić information content (AvgIpc) is 2.68. The van der Waals surface area contributed by atoms with Crippen LogP contribution in [0.3, 0.4) is 0 Å². The highest BCUT2D eigenvalue weighted by Gasteiger charge is 2.07. The predicted molar refractivity (Wildman–Crippen MR) is 63.5 cm³/mol. The molecule has 0 aromatic carbocycles. The molecule has 0 spiro atoms. The van der Waals surface area contributed by atoms with Gasteiger partial charge in [0.2, 0.25) is 0 Å². The summed E-state index contributed by atoms with van der Waals surface area (Å²) in [4.78, 5) is 4.41. The Morgan fingerprint density at radius 3 is 2.67 bits per heavy atom. The van der Waals surface area contributed by atoms with Gasteiger partial charge in [0.1, 0.15) is 5.82 Å². The van der Waals surface area contributed by atoms with E-state index >= 15 is 0 Å². The third-order valence-corrected chi connectivity index (χ3v) is 2.03. The number of nitrogens with zero attached hydrogens (tertiary/aromatic N) is 2. The molecule has 0 fully saturated rings. The van der Waals surface area contributed by atoms with E-state index in [1.807, 2.05) is 25.2 Å². The summed E-state index contributed by atoms with van der Waals surface area (Å²) in [6.07, 6.45) is 7.54. The standard InChI is InChI=1S/C12H17N3/c1-5-7-8-10(6-2)12-13-11(9(3)4)14-15-12/h5-9H,1H2,2-4H3,(H,13,14,15)/b8-7-,10-6+. The lowest BCUT2D eigenvalue weighted by atomic mass is 10.2. The summed E-state index contributed by atoms with van der Waals surface area (Å²) >= 11 is 0. The maximum Gasteiger partial charge on any atom is 0.180 e. The van der Waals surface area contributed by atoms with Crippen molar-refractivity contribution in [1.29, 1.82) is 0 Å². The summed E-state index contributed by atoms with van der Waals surface area (Å²) in [6.45, 7) is 9.76. The van der Waals surface area contributed by atoms with Crippen LogP contribution in [0.2, 0.25) is 0 Å². The minimum absolute atomic E-state index is 0.368. The Morgan fingerprint density at radius 2 is 2.20 bits per heavy atom. The largest absolute Gasteiger partial charge is 0.262 e. The molecular weight excluding hydrogens is 186 g/mol. The first-order chi connectivity index (χ1) is 7.19.